The molecule has 1 N–H and O–H groups in total. The molecule has 0 aliphatic carbocycles. The number of carbonyl (C=O) groups is 1. The molecule has 1 atom stereocenters. The minimum Gasteiger partial charge on any atom is -0.549 e. The molecule has 0 aliphatic heterocycles. The van der Waals surface area contributed by atoms with Crippen molar-refractivity contribution in [3.05, 3.63) is 0 Å². The van der Waals surface area contributed by atoms with E-state index in [4.69, 9.17) is 0 Å². The summed E-state index contributed by atoms with van der Waals surface area (Å²) >= 11 is 0. The topological polar surface area (TPSA) is 86.7 Å². The molecule has 0 spiro atoms. The van der Waals surface area contributed by atoms with Crippen LogP contribution < -0.4 is 5.11 Å². The van der Waals surface area contributed by atoms with Gasteiger partial charge in [-0.15, -0.1) is 0 Å². The van der Waals surface area contributed by atoms with Gasteiger partial charge in [-0.3, -0.25) is 4.57 Å². The fourth-order valence-corrected chi connectivity index (χ4v) is 2.61. The van der Waals surface area contributed by atoms with Crippen molar-refractivity contribution in [1.82, 2.24) is 0 Å². The van der Waals surface area contributed by atoms with E-state index in [-0.39, 0.29) is 12.8 Å². The van der Waals surface area contributed by atoms with Gasteiger partial charge in [-0.2, -0.15) is 0 Å². The first-order valence-electron chi connectivity index (χ1n) is 3.98. The summed E-state index contributed by atoms with van der Waals surface area (Å²) in [4.78, 5) is 20.1. The molecule has 0 fully saturated rings. The van der Waals surface area contributed by atoms with Crippen molar-refractivity contribution in [3.63, 3.8) is 0 Å². The number of carbonyl (C=O) groups excluding carboxylic acids is 1. The minimum atomic E-state index is -4.13. The van der Waals surface area contributed by atoms with Gasteiger partial charge < -0.3 is 19.3 Å². The Morgan fingerprint density at radius 3 is 2.00 bits per heavy atom. The van der Waals surface area contributed by atoms with Gasteiger partial charge in [0, 0.05) is 7.11 Å². The van der Waals surface area contributed by atoms with Crippen molar-refractivity contribution in [2.24, 2.45) is 0 Å². The number of carboxylic acids is 1. The summed E-state index contributed by atoms with van der Waals surface area (Å²) in [5.74, 6) is -1.54. The zero-order valence-electron chi connectivity index (χ0n) is 7.94. The highest BCUT2D eigenvalue weighted by Gasteiger charge is 2.46. The molecule has 0 amide bonds. The Morgan fingerprint density at radius 1 is 1.54 bits per heavy atom. The van der Waals surface area contributed by atoms with Gasteiger partial charge in [-0.1, -0.05) is 13.8 Å². The molecule has 78 valence electrons. The molecule has 0 saturated heterocycles. The van der Waals surface area contributed by atoms with E-state index >= 15 is 0 Å². The van der Waals surface area contributed by atoms with E-state index in [1.165, 1.54) is 13.8 Å². The lowest BCUT2D eigenvalue weighted by molar-refractivity contribution is -0.310. The maximum Gasteiger partial charge on any atom is 0.339 e. The lowest BCUT2D eigenvalue weighted by Crippen LogP contribution is -2.47. The average molecular weight is 209 g/mol. The van der Waals surface area contributed by atoms with Gasteiger partial charge in [0.1, 0.15) is 5.16 Å². The van der Waals surface area contributed by atoms with Crippen LogP contribution in [0.15, 0.2) is 0 Å². The predicted molar refractivity (Wildman–Crippen MR) is 45.2 cm³/mol. The third-order valence-electron chi connectivity index (χ3n) is 2.34. The van der Waals surface area contributed by atoms with Crippen LogP contribution >= 0.6 is 7.60 Å². The Hall–Kier alpha value is -0.380. The van der Waals surface area contributed by atoms with Gasteiger partial charge in [-0.05, 0) is 12.8 Å². The SMILES string of the molecule is CCC(CC)(C(=O)[O-])P(=O)(O)OC. The number of hydrogen-bond acceptors (Lipinski definition) is 4. The second-order valence-corrected chi connectivity index (χ2v) is 4.99. The van der Waals surface area contributed by atoms with Crippen LogP contribution in [0.25, 0.3) is 0 Å². The van der Waals surface area contributed by atoms with Crippen LogP contribution in [0.3, 0.4) is 0 Å². The first-order chi connectivity index (χ1) is 5.88. The van der Waals surface area contributed by atoms with Gasteiger partial charge in [0.2, 0.25) is 0 Å². The minimum absolute atomic E-state index is 0.00739. The van der Waals surface area contributed by atoms with Crippen molar-refractivity contribution < 1.29 is 23.9 Å². The molecule has 1 unspecified atom stereocenters. The summed E-state index contributed by atoms with van der Waals surface area (Å²) in [5.41, 5.74) is 0. The number of carboxylic acid groups (broad SMARTS) is 1. The van der Waals surface area contributed by atoms with Crippen LogP contribution in [0.5, 0.6) is 0 Å². The van der Waals surface area contributed by atoms with Crippen LogP contribution in [-0.2, 0) is 13.9 Å². The van der Waals surface area contributed by atoms with Gasteiger partial charge in [-0.25, -0.2) is 0 Å². The lowest BCUT2D eigenvalue weighted by atomic mass is 10.0. The maximum absolute atomic E-state index is 11.4. The smallest absolute Gasteiger partial charge is 0.339 e. The van der Waals surface area contributed by atoms with Crippen molar-refractivity contribution in [1.29, 1.82) is 0 Å². The number of hydrogen-bond donors (Lipinski definition) is 1. The van der Waals surface area contributed by atoms with Crippen molar-refractivity contribution in [2.45, 2.75) is 31.8 Å². The Balaban J connectivity index is 5.22. The molecule has 0 heterocycles. The van der Waals surface area contributed by atoms with Crippen LogP contribution in [0.2, 0.25) is 0 Å². The predicted octanol–water partition coefficient (Wildman–Crippen LogP) is 0.127. The molecule has 0 aromatic heterocycles. The first kappa shape index (κ1) is 12.6. The maximum atomic E-state index is 11.4. The Labute approximate surface area is 77.3 Å². The molecule has 0 radical (unpaired) electrons. The molecule has 0 aromatic carbocycles. The molecule has 5 nitrogen and oxygen atoms in total. The van der Waals surface area contributed by atoms with Crippen LogP contribution in [0.1, 0.15) is 26.7 Å². The molecular weight excluding hydrogens is 195 g/mol. The zero-order valence-corrected chi connectivity index (χ0v) is 8.84. The van der Waals surface area contributed by atoms with E-state index in [0.717, 1.165) is 7.11 Å². The van der Waals surface area contributed by atoms with Crippen LogP contribution in [-0.4, -0.2) is 23.1 Å². The first-order valence-corrected chi connectivity index (χ1v) is 5.55. The highest BCUT2D eigenvalue weighted by Crippen LogP contribution is 2.57. The fourth-order valence-electron chi connectivity index (χ4n) is 1.23. The normalized spacial score (nSPS) is 16.6. The van der Waals surface area contributed by atoms with Gasteiger partial charge in [0.05, 0.1) is 5.97 Å². The third kappa shape index (κ3) is 1.93. The molecule has 6 heteroatoms. The largest absolute Gasteiger partial charge is 0.549 e. The summed E-state index contributed by atoms with van der Waals surface area (Å²) in [6.07, 6.45) is 0.0148. The molecule has 0 rings (SSSR count). The second-order valence-electron chi connectivity index (χ2n) is 2.73. The fraction of sp³-hybridized carbons (Fsp3) is 0.857. The van der Waals surface area contributed by atoms with E-state index in [9.17, 15) is 19.4 Å². The quantitative estimate of drug-likeness (QED) is 0.650. The summed E-state index contributed by atoms with van der Waals surface area (Å²) < 4.78 is 15.8. The molecular formula is C7H14O5P-. The summed E-state index contributed by atoms with van der Waals surface area (Å²) in [7, 11) is -3.12. The Kier molecular flexibility index (Phi) is 4.10. The van der Waals surface area contributed by atoms with E-state index in [1.807, 2.05) is 0 Å². The van der Waals surface area contributed by atoms with Crippen LogP contribution in [0, 0.1) is 0 Å². The Morgan fingerprint density at radius 2 is 1.92 bits per heavy atom. The average Bonchev–Trinajstić information content (AvgIpc) is 2.06. The highest BCUT2D eigenvalue weighted by atomic mass is 31.2. The molecule has 0 aromatic rings. The monoisotopic (exact) mass is 209 g/mol. The summed E-state index contributed by atoms with van der Waals surface area (Å²) in [5, 5.41) is 8.99. The van der Waals surface area contributed by atoms with E-state index in [0.29, 0.717) is 0 Å². The highest BCUT2D eigenvalue weighted by molar-refractivity contribution is 7.55. The van der Waals surface area contributed by atoms with E-state index in [1.54, 1.807) is 0 Å². The molecule has 0 saturated carbocycles. The number of aliphatic carboxylic acids is 1. The van der Waals surface area contributed by atoms with Crippen molar-refractivity contribution in [3.8, 4) is 0 Å². The summed E-state index contributed by atoms with van der Waals surface area (Å²) in [6, 6.07) is 0. The standard InChI is InChI=1S/C7H15O5P/c1-4-7(5-2,6(8)9)13(10,11)12-3/h4-5H2,1-3H3,(H,8,9)(H,10,11)/p-1. The molecule has 13 heavy (non-hydrogen) atoms. The van der Waals surface area contributed by atoms with Gasteiger partial charge >= 0.3 is 7.60 Å². The molecule has 0 aliphatic rings. The van der Waals surface area contributed by atoms with Gasteiger partial charge in [0.15, 0.2) is 0 Å². The number of rotatable bonds is 5. The molecule has 0 bridgehead atoms. The van der Waals surface area contributed by atoms with E-state index in [2.05, 4.69) is 4.52 Å². The Bertz CT molecular complexity index is 233. The van der Waals surface area contributed by atoms with E-state index < -0.39 is 18.7 Å². The van der Waals surface area contributed by atoms with Crippen LogP contribution in [0.4, 0.5) is 0 Å². The second kappa shape index (κ2) is 4.22. The summed E-state index contributed by atoms with van der Waals surface area (Å²) in [6.45, 7) is 3.03. The lowest BCUT2D eigenvalue weighted by Gasteiger charge is -2.34. The third-order valence-corrected chi connectivity index (χ3v) is 4.73. The van der Waals surface area contributed by atoms with Gasteiger partial charge in [0.25, 0.3) is 0 Å². The van der Waals surface area contributed by atoms with Crippen molar-refractivity contribution in [2.75, 3.05) is 7.11 Å². The van der Waals surface area contributed by atoms with Crippen molar-refractivity contribution >= 4 is 13.6 Å². The zero-order chi connectivity index (χ0) is 10.7.